The molecule has 0 unspecified atom stereocenters. The van der Waals surface area contributed by atoms with Crippen LogP contribution >= 0.6 is 0 Å². The number of carboxylic acid groups (broad SMARTS) is 1. The first-order valence-electron chi connectivity index (χ1n) is 2.84. The van der Waals surface area contributed by atoms with E-state index in [1.54, 1.807) is 6.07 Å². The lowest BCUT2D eigenvalue weighted by Gasteiger charge is -1.87. The molecule has 0 rings (SSSR count). The highest BCUT2D eigenvalue weighted by molar-refractivity contribution is 5.90. The Hall–Kier alpha value is -1.82. The van der Waals surface area contributed by atoms with Crippen LogP contribution in [0.5, 0.6) is 0 Å². The normalized spacial score (nSPS) is 11.0. The van der Waals surface area contributed by atoms with Gasteiger partial charge in [-0.05, 0) is 6.08 Å². The molecule has 0 amide bonds. The Morgan fingerprint density at radius 2 is 2.27 bits per heavy atom. The molecule has 11 heavy (non-hydrogen) atoms. The van der Waals surface area contributed by atoms with Gasteiger partial charge in [0, 0.05) is 6.08 Å². The van der Waals surface area contributed by atoms with Crippen LogP contribution in [-0.2, 0) is 4.79 Å². The summed E-state index contributed by atoms with van der Waals surface area (Å²) in [4.78, 5) is 10.3. The SMILES string of the molecule is C=CC=CC(=CC#N)C(=O)O. The Balaban J connectivity index is 4.52. The van der Waals surface area contributed by atoms with E-state index in [4.69, 9.17) is 10.4 Å². The van der Waals surface area contributed by atoms with Crippen molar-refractivity contribution in [1.82, 2.24) is 0 Å². The van der Waals surface area contributed by atoms with E-state index < -0.39 is 5.97 Å². The molecule has 0 saturated heterocycles. The van der Waals surface area contributed by atoms with Gasteiger partial charge in [0.1, 0.15) is 0 Å². The molecular formula is C8H7NO2. The van der Waals surface area contributed by atoms with Crippen LogP contribution in [0.2, 0.25) is 0 Å². The number of nitriles is 1. The number of carbonyl (C=O) groups is 1. The maximum absolute atomic E-state index is 10.3. The molecule has 0 heterocycles. The summed E-state index contributed by atoms with van der Waals surface area (Å²) >= 11 is 0. The Labute approximate surface area is 64.6 Å². The smallest absolute Gasteiger partial charge is 0.336 e. The third kappa shape index (κ3) is 3.71. The zero-order valence-electron chi connectivity index (χ0n) is 5.82. The minimum Gasteiger partial charge on any atom is -0.478 e. The topological polar surface area (TPSA) is 61.1 Å². The van der Waals surface area contributed by atoms with Crippen molar-refractivity contribution in [3.8, 4) is 6.07 Å². The summed E-state index contributed by atoms with van der Waals surface area (Å²) in [5, 5.41) is 16.6. The molecule has 0 aromatic rings. The molecule has 1 N–H and O–H groups in total. The highest BCUT2D eigenvalue weighted by Crippen LogP contribution is 1.95. The van der Waals surface area contributed by atoms with Crippen molar-refractivity contribution >= 4 is 5.97 Å². The fourth-order valence-corrected chi connectivity index (χ4v) is 0.422. The van der Waals surface area contributed by atoms with E-state index in [1.165, 1.54) is 18.2 Å². The largest absolute Gasteiger partial charge is 0.478 e. The van der Waals surface area contributed by atoms with Crippen LogP contribution < -0.4 is 0 Å². The van der Waals surface area contributed by atoms with Crippen LogP contribution in [0.1, 0.15) is 0 Å². The Kier molecular flexibility index (Phi) is 4.18. The summed E-state index contributed by atoms with van der Waals surface area (Å²) in [6.07, 6.45) is 5.16. The summed E-state index contributed by atoms with van der Waals surface area (Å²) in [6, 6.07) is 1.63. The average Bonchev–Trinajstić information content (AvgIpc) is 1.97. The highest BCUT2D eigenvalue weighted by Gasteiger charge is 1.99. The number of carboxylic acids is 1. The molecule has 0 fully saturated rings. The van der Waals surface area contributed by atoms with Crippen molar-refractivity contribution in [2.45, 2.75) is 0 Å². The maximum Gasteiger partial charge on any atom is 0.336 e. The molecule has 0 bridgehead atoms. The Morgan fingerprint density at radius 1 is 1.64 bits per heavy atom. The van der Waals surface area contributed by atoms with Gasteiger partial charge < -0.3 is 5.11 Å². The first-order chi connectivity index (χ1) is 5.22. The standard InChI is InChI=1S/C8H7NO2/c1-2-3-4-7(5-6-9)8(10)11/h2-5H,1H2,(H,10,11). The first kappa shape index (κ1) is 9.18. The molecule has 0 radical (unpaired) electrons. The van der Waals surface area contributed by atoms with Gasteiger partial charge in [-0.1, -0.05) is 18.7 Å². The van der Waals surface area contributed by atoms with Crippen LogP contribution in [0.25, 0.3) is 0 Å². The second-order valence-electron chi connectivity index (χ2n) is 1.63. The molecule has 0 aliphatic rings. The number of hydrogen-bond acceptors (Lipinski definition) is 2. The summed E-state index contributed by atoms with van der Waals surface area (Å²) in [5.74, 6) is -1.12. The van der Waals surface area contributed by atoms with Crippen molar-refractivity contribution in [3.05, 3.63) is 36.5 Å². The number of nitrogens with zero attached hydrogens (tertiary/aromatic N) is 1. The first-order valence-corrected chi connectivity index (χ1v) is 2.84. The van der Waals surface area contributed by atoms with Crippen molar-refractivity contribution < 1.29 is 9.90 Å². The molecule has 3 heteroatoms. The van der Waals surface area contributed by atoms with Gasteiger partial charge in [-0.25, -0.2) is 4.79 Å². The second-order valence-corrected chi connectivity index (χ2v) is 1.63. The van der Waals surface area contributed by atoms with Gasteiger partial charge in [0.05, 0.1) is 11.6 Å². The molecule has 0 aliphatic heterocycles. The Morgan fingerprint density at radius 3 is 2.64 bits per heavy atom. The third-order valence-corrected chi connectivity index (χ3v) is 0.879. The highest BCUT2D eigenvalue weighted by atomic mass is 16.4. The van der Waals surface area contributed by atoms with E-state index in [1.807, 2.05) is 0 Å². The molecule has 0 aliphatic carbocycles. The second kappa shape index (κ2) is 5.00. The number of rotatable bonds is 3. The van der Waals surface area contributed by atoms with E-state index in [-0.39, 0.29) is 5.57 Å². The van der Waals surface area contributed by atoms with Gasteiger partial charge in [0.15, 0.2) is 0 Å². The van der Waals surface area contributed by atoms with E-state index in [9.17, 15) is 4.79 Å². The van der Waals surface area contributed by atoms with E-state index in [2.05, 4.69) is 6.58 Å². The average molecular weight is 149 g/mol. The fraction of sp³-hybridized carbons (Fsp3) is 0. The molecule has 0 atom stereocenters. The van der Waals surface area contributed by atoms with Crippen LogP contribution in [0.15, 0.2) is 36.5 Å². The monoisotopic (exact) mass is 149 g/mol. The zero-order chi connectivity index (χ0) is 8.69. The fourth-order valence-electron chi connectivity index (χ4n) is 0.422. The van der Waals surface area contributed by atoms with Crippen LogP contribution in [0.4, 0.5) is 0 Å². The molecule has 0 aromatic carbocycles. The van der Waals surface area contributed by atoms with Gasteiger partial charge in [-0.3, -0.25) is 0 Å². The van der Waals surface area contributed by atoms with Gasteiger partial charge >= 0.3 is 5.97 Å². The zero-order valence-corrected chi connectivity index (χ0v) is 5.82. The molecular weight excluding hydrogens is 142 g/mol. The predicted octanol–water partition coefficient (Wildman–Crippen LogP) is 1.26. The van der Waals surface area contributed by atoms with Crippen molar-refractivity contribution in [2.75, 3.05) is 0 Å². The Bertz CT molecular complexity index is 256. The lowest BCUT2D eigenvalue weighted by molar-refractivity contribution is -0.132. The molecule has 56 valence electrons. The molecule has 0 saturated carbocycles. The number of aliphatic carboxylic acids is 1. The predicted molar refractivity (Wildman–Crippen MR) is 40.7 cm³/mol. The summed E-state index contributed by atoms with van der Waals surface area (Å²) < 4.78 is 0. The summed E-state index contributed by atoms with van der Waals surface area (Å²) in [5.41, 5.74) is -0.0487. The van der Waals surface area contributed by atoms with Crippen LogP contribution in [-0.4, -0.2) is 11.1 Å². The third-order valence-electron chi connectivity index (χ3n) is 0.879. The number of hydrogen-bond donors (Lipinski definition) is 1. The van der Waals surface area contributed by atoms with Crippen molar-refractivity contribution in [3.63, 3.8) is 0 Å². The quantitative estimate of drug-likeness (QED) is 0.373. The molecule has 0 aromatic heterocycles. The number of allylic oxidation sites excluding steroid dienone is 3. The molecule has 0 spiro atoms. The minimum absolute atomic E-state index is 0.0487. The van der Waals surface area contributed by atoms with E-state index >= 15 is 0 Å². The summed E-state index contributed by atoms with van der Waals surface area (Å²) in [7, 11) is 0. The molecule has 3 nitrogen and oxygen atoms in total. The minimum atomic E-state index is -1.12. The van der Waals surface area contributed by atoms with E-state index in [0.717, 1.165) is 6.08 Å². The lowest BCUT2D eigenvalue weighted by Crippen LogP contribution is -1.96. The van der Waals surface area contributed by atoms with E-state index in [0.29, 0.717) is 0 Å². The van der Waals surface area contributed by atoms with Gasteiger partial charge in [-0.15, -0.1) is 0 Å². The van der Waals surface area contributed by atoms with Crippen LogP contribution in [0.3, 0.4) is 0 Å². The van der Waals surface area contributed by atoms with Gasteiger partial charge in [0.2, 0.25) is 0 Å². The van der Waals surface area contributed by atoms with Crippen molar-refractivity contribution in [1.29, 1.82) is 5.26 Å². The maximum atomic E-state index is 10.3. The lowest BCUT2D eigenvalue weighted by atomic mass is 10.2. The van der Waals surface area contributed by atoms with Crippen LogP contribution in [0, 0.1) is 11.3 Å². The van der Waals surface area contributed by atoms with Crippen molar-refractivity contribution in [2.24, 2.45) is 0 Å². The van der Waals surface area contributed by atoms with Gasteiger partial charge in [0.25, 0.3) is 0 Å². The van der Waals surface area contributed by atoms with Gasteiger partial charge in [-0.2, -0.15) is 5.26 Å². The summed E-state index contributed by atoms with van der Waals surface area (Å²) in [6.45, 7) is 3.36.